The van der Waals surface area contributed by atoms with Crippen LogP contribution in [0.25, 0.3) is 0 Å². The maximum atomic E-state index is 10.5. The van der Waals surface area contributed by atoms with Crippen molar-refractivity contribution in [3.05, 3.63) is 11.6 Å². The van der Waals surface area contributed by atoms with Gasteiger partial charge in [0, 0.05) is 6.08 Å². The Labute approximate surface area is 67.5 Å². The number of carbonyl (C=O) groups excluding carboxylic acids is 1. The third-order valence-corrected chi connectivity index (χ3v) is 2.37. The van der Waals surface area contributed by atoms with Crippen LogP contribution in [0.5, 0.6) is 0 Å². The molecule has 1 saturated carbocycles. The van der Waals surface area contributed by atoms with E-state index in [-0.39, 0.29) is 5.91 Å². The molecule has 1 fully saturated rings. The van der Waals surface area contributed by atoms with E-state index >= 15 is 0 Å². The lowest BCUT2D eigenvalue weighted by atomic mass is 9.99. The second-order valence-corrected chi connectivity index (χ2v) is 3.27. The number of carbonyl (C=O) groups is 1. The van der Waals surface area contributed by atoms with Gasteiger partial charge in [-0.05, 0) is 25.7 Å². The average molecular weight is 153 g/mol. The zero-order valence-corrected chi connectivity index (χ0v) is 6.97. The van der Waals surface area contributed by atoms with Gasteiger partial charge < -0.3 is 5.73 Å². The second kappa shape index (κ2) is 3.56. The van der Waals surface area contributed by atoms with Crippen LogP contribution in [0.15, 0.2) is 11.6 Å². The van der Waals surface area contributed by atoms with E-state index in [2.05, 4.69) is 0 Å². The number of rotatable bonds is 2. The molecule has 0 radical (unpaired) electrons. The van der Waals surface area contributed by atoms with Gasteiger partial charge in [-0.1, -0.05) is 18.4 Å². The van der Waals surface area contributed by atoms with Crippen molar-refractivity contribution in [1.82, 2.24) is 0 Å². The third-order valence-electron chi connectivity index (χ3n) is 2.37. The average Bonchev–Trinajstić information content (AvgIpc) is 2.35. The van der Waals surface area contributed by atoms with Gasteiger partial charge in [0.15, 0.2) is 0 Å². The van der Waals surface area contributed by atoms with Gasteiger partial charge in [-0.15, -0.1) is 0 Å². The summed E-state index contributed by atoms with van der Waals surface area (Å²) in [5.41, 5.74) is 6.21. The van der Waals surface area contributed by atoms with E-state index in [0.29, 0.717) is 5.92 Å². The summed E-state index contributed by atoms with van der Waals surface area (Å²) in [6.07, 6.45) is 6.63. The fourth-order valence-electron chi connectivity index (χ4n) is 1.72. The maximum absolute atomic E-state index is 10.5. The number of primary amides is 1. The van der Waals surface area contributed by atoms with Crippen LogP contribution in [-0.4, -0.2) is 5.91 Å². The highest BCUT2D eigenvalue weighted by atomic mass is 16.1. The minimum atomic E-state index is -0.311. The summed E-state index contributed by atoms with van der Waals surface area (Å²) in [6.45, 7) is 2.00. The number of allylic oxidation sites excluding steroid dienone is 1. The molecule has 2 nitrogen and oxygen atoms in total. The fourth-order valence-corrected chi connectivity index (χ4v) is 1.72. The second-order valence-electron chi connectivity index (χ2n) is 3.27. The van der Waals surface area contributed by atoms with E-state index in [4.69, 9.17) is 5.73 Å². The molecule has 1 rings (SSSR count). The summed E-state index contributed by atoms with van der Waals surface area (Å²) in [5.74, 6) is 0.317. The van der Waals surface area contributed by atoms with Crippen molar-refractivity contribution in [3.8, 4) is 0 Å². The van der Waals surface area contributed by atoms with Crippen molar-refractivity contribution in [2.45, 2.75) is 32.6 Å². The van der Waals surface area contributed by atoms with Crippen LogP contribution >= 0.6 is 0 Å². The molecule has 0 aliphatic heterocycles. The highest BCUT2D eigenvalue weighted by molar-refractivity contribution is 5.86. The largest absolute Gasteiger partial charge is 0.366 e. The zero-order valence-electron chi connectivity index (χ0n) is 6.97. The summed E-state index contributed by atoms with van der Waals surface area (Å²) in [7, 11) is 0. The van der Waals surface area contributed by atoms with Gasteiger partial charge in [-0.3, -0.25) is 4.79 Å². The summed E-state index contributed by atoms with van der Waals surface area (Å²) < 4.78 is 0. The molecule has 62 valence electrons. The number of amides is 1. The van der Waals surface area contributed by atoms with Gasteiger partial charge in [0.1, 0.15) is 0 Å². The molecule has 0 bridgehead atoms. The first kappa shape index (κ1) is 8.31. The Kier molecular flexibility index (Phi) is 2.69. The first-order valence-electron chi connectivity index (χ1n) is 4.18. The molecule has 0 spiro atoms. The lowest BCUT2D eigenvalue weighted by Gasteiger charge is -2.07. The van der Waals surface area contributed by atoms with Crippen molar-refractivity contribution in [2.24, 2.45) is 11.7 Å². The van der Waals surface area contributed by atoms with Crippen LogP contribution < -0.4 is 5.73 Å². The standard InChI is InChI=1S/C9H15NO/c1-7(6-9(10)11)8-4-2-3-5-8/h6,8H,2-5H2,1H3,(H2,10,11)/b7-6+. The Morgan fingerprint density at radius 2 is 2.00 bits per heavy atom. The molecule has 1 aliphatic rings. The van der Waals surface area contributed by atoms with Crippen molar-refractivity contribution >= 4 is 5.91 Å². The summed E-state index contributed by atoms with van der Waals surface area (Å²) in [5, 5.41) is 0. The molecule has 1 amide bonds. The van der Waals surface area contributed by atoms with Crippen LogP contribution in [0.2, 0.25) is 0 Å². The Morgan fingerprint density at radius 3 is 2.45 bits per heavy atom. The predicted octanol–water partition coefficient (Wildman–Crippen LogP) is 1.61. The van der Waals surface area contributed by atoms with Gasteiger partial charge in [-0.2, -0.15) is 0 Å². The van der Waals surface area contributed by atoms with Crippen LogP contribution in [0, 0.1) is 5.92 Å². The molecule has 11 heavy (non-hydrogen) atoms. The SMILES string of the molecule is C/C(=C\C(N)=O)C1CCCC1. The monoisotopic (exact) mass is 153 g/mol. The van der Waals surface area contributed by atoms with Gasteiger partial charge in [0.25, 0.3) is 0 Å². The molecule has 0 unspecified atom stereocenters. The van der Waals surface area contributed by atoms with Crippen LogP contribution in [0.4, 0.5) is 0 Å². The highest BCUT2D eigenvalue weighted by Gasteiger charge is 2.16. The van der Waals surface area contributed by atoms with E-state index in [1.807, 2.05) is 6.92 Å². The molecule has 0 aromatic rings. The van der Waals surface area contributed by atoms with Crippen LogP contribution in [0.1, 0.15) is 32.6 Å². The van der Waals surface area contributed by atoms with Crippen molar-refractivity contribution < 1.29 is 4.79 Å². The summed E-state index contributed by atoms with van der Waals surface area (Å²) >= 11 is 0. The molecule has 1 aliphatic carbocycles. The Hall–Kier alpha value is -0.790. The maximum Gasteiger partial charge on any atom is 0.241 e. The van der Waals surface area contributed by atoms with Crippen molar-refractivity contribution in [1.29, 1.82) is 0 Å². The lowest BCUT2D eigenvalue weighted by Crippen LogP contribution is -2.08. The van der Waals surface area contributed by atoms with E-state index < -0.39 is 0 Å². The van der Waals surface area contributed by atoms with Gasteiger partial charge in [0.2, 0.25) is 5.91 Å². The first-order chi connectivity index (χ1) is 5.20. The molecule has 0 saturated heterocycles. The molecule has 2 heteroatoms. The van der Waals surface area contributed by atoms with Gasteiger partial charge in [-0.25, -0.2) is 0 Å². The number of nitrogens with two attached hydrogens (primary N) is 1. The van der Waals surface area contributed by atoms with E-state index in [1.165, 1.54) is 25.7 Å². The zero-order chi connectivity index (χ0) is 8.27. The van der Waals surface area contributed by atoms with Crippen molar-refractivity contribution in [2.75, 3.05) is 0 Å². The minimum Gasteiger partial charge on any atom is -0.366 e. The highest BCUT2D eigenvalue weighted by Crippen LogP contribution is 2.30. The smallest absolute Gasteiger partial charge is 0.241 e. The quantitative estimate of drug-likeness (QED) is 0.602. The molecule has 0 aromatic heterocycles. The molecule has 0 atom stereocenters. The van der Waals surface area contributed by atoms with E-state index in [9.17, 15) is 4.79 Å². The Balaban J connectivity index is 2.51. The molecular formula is C9H15NO. The minimum absolute atomic E-state index is 0.311. The lowest BCUT2D eigenvalue weighted by molar-refractivity contribution is -0.113. The third kappa shape index (κ3) is 2.37. The first-order valence-corrected chi connectivity index (χ1v) is 4.18. The van der Waals surface area contributed by atoms with Gasteiger partial charge >= 0.3 is 0 Å². The Bertz CT molecular complexity index is 178. The van der Waals surface area contributed by atoms with Crippen molar-refractivity contribution in [3.63, 3.8) is 0 Å². The summed E-state index contributed by atoms with van der Waals surface area (Å²) in [4.78, 5) is 10.5. The summed E-state index contributed by atoms with van der Waals surface area (Å²) in [6, 6.07) is 0. The molecule has 0 heterocycles. The molecule has 2 N–H and O–H groups in total. The topological polar surface area (TPSA) is 43.1 Å². The number of hydrogen-bond acceptors (Lipinski definition) is 1. The molecule has 0 aromatic carbocycles. The molecular weight excluding hydrogens is 138 g/mol. The van der Waals surface area contributed by atoms with Crippen LogP contribution in [-0.2, 0) is 4.79 Å². The Morgan fingerprint density at radius 1 is 1.45 bits per heavy atom. The van der Waals surface area contributed by atoms with Gasteiger partial charge in [0.05, 0.1) is 0 Å². The fraction of sp³-hybridized carbons (Fsp3) is 0.667. The number of hydrogen-bond donors (Lipinski definition) is 1. The normalized spacial score (nSPS) is 20.6. The van der Waals surface area contributed by atoms with E-state index in [1.54, 1.807) is 6.08 Å². The van der Waals surface area contributed by atoms with Crippen LogP contribution in [0.3, 0.4) is 0 Å². The van der Waals surface area contributed by atoms with E-state index in [0.717, 1.165) is 5.57 Å². The predicted molar refractivity (Wildman–Crippen MR) is 44.9 cm³/mol.